The number of hydrogen-bond acceptors (Lipinski definition) is 5. The molecular formula is C19H20N4O2S. The molecule has 26 heavy (non-hydrogen) atoms. The summed E-state index contributed by atoms with van der Waals surface area (Å²) in [4.78, 5) is 16.5. The lowest BCUT2D eigenvalue weighted by atomic mass is 10.2. The molecule has 0 aliphatic carbocycles. The van der Waals surface area contributed by atoms with E-state index in [1.165, 1.54) is 6.08 Å². The topological polar surface area (TPSA) is 69.0 Å². The number of benzene rings is 1. The molecule has 3 aromatic rings. The highest BCUT2D eigenvalue weighted by Gasteiger charge is 2.06. The molecule has 1 amide bonds. The highest BCUT2D eigenvalue weighted by molar-refractivity contribution is 7.09. The van der Waals surface area contributed by atoms with Gasteiger partial charge < -0.3 is 10.1 Å². The maximum Gasteiger partial charge on any atom is 0.249 e. The summed E-state index contributed by atoms with van der Waals surface area (Å²) in [5.74, 6) is 1.14. The number of amides is 1. The highest BCUT2D eigenvalue weighted by atomic mass is 32.1. The van der Waals surface area contributed by atoms with Crippen molar-refractivity contribution in [1.29, 1.82) is 0 Å². The molecule has 1 N–H and O–H groups in total. The molecule has 0 spiro atoms. The largest absolute Gasteiger partial charge is 0.487 e. The van der Waals surface area contributed by atoms with Crippen LogP contribution < -0.4 is 10.1 Å². The van der Waals surface area contributed by atoms with Gasteiger partial charge in [-0.25, -0.2) is 4.98 Å². The minimum absolute atomic E-state index is 0.224. The molecule has 134 valence electrons. The first kappa shape index (κ1) is 17.9. The Labute approximate surface area is 156 Å². The number of thiazole rings is 1. The molecule has 0 fully saturated rings. The number of aromatic nitrogens is 3. The minimum Gasteiger partial charge on any atom is -0.487 e. The number of ether oxygens (including phenoxy) is 1. The Morgan fingerprint density at radius 2 is 2.15 bits per heavy atom. The second-order valence-corrected chi connectivity index (χ2v) is 6.86. The van der Waals surface area contributed by atoms with E-state index in [0.29, 0.717) is 18.2 Å². The highest BCUT2D eigenvalue weighted by Crippen LogP contribution is 2.21. The maximum absolute atomic E-state index is 12.2. The molecule has 0 aliphatic rings. The number of anilines is 1. The van der Waals surface area contributed by atoms with Crippen molar-refractivity contribution in [2.24, 2.45) is 7.05 Å². The summed E-state index contributed by atoms with van der Waals surface area (Å²) in [5, 5.41) is 10.0. The lowest BCUT2D eigenvalue weighted by Gasteiger charge is -2.08. The Morgan fingerprint density at radius 1 is 1.35 bits per heavy atom. The standard InChI is InChI=1S/C19H20N4O2S/c1-13-10-18(23(3)22-13)21-19(24)9-8-15-6-4-5-7-17(15)25-11-16-12-26-14(2)20-16/h4-10,12H,11H2,1-3H3,(H,21,24)/b9-8+. The van der Waals surface area contributed by atoms with Crippen LogP contribution in [-0.2, 0) is 18.4 Å². The summed E-state index contributed by atoms with van der Waals surface area (Å²) >= 11 is 1.60. The van der Waals surface area contributed by atoms with Crippen LogP contribution in [0.1, 0.15) is 22.0 Å². The SMILES string of the molecule is Cc1cc(NC(=O)/C=C/c2ccccc2OCc2csc(C)n2)n(C)n1. The van der Waals surface area contributed by atoms with Crippen LogP contribution in [0.2, 0.25) is 0 Å². The van der Waals surface area contributed by atoms with Gasteiger partial charge in [-0.2, -0.15) is 5.10 Å². The molecule has 0 aliphatic heterocycles. The van der Waals surface area contributed by atoms with Gasteiger partial charge in [0, 0.05) is 30.1 Å². The summed E-state index contributed by atoms with van der Waals surface area (Å²) in [6.45, 7) is 4.24. The van der Waals surface area contributed by atoms with Crippen LogP contribution in [0, 0.1) is 13.8 Å². The van der Waals surface area contributed by atoms with Crippen LogP contribution in [0.4, 0.5) is 5.82 Å². The van der Waals surface area contributed by atoms with Gasteiger partial charge in [0.1, 0.15) is 18.2 Å². The van der Waals surface area contributed by atoms with Crippen LogP contribution in [-0.4, -0.2) is 20.7 Å². The molecular weight excluding hydrogens is 348 g/mol. The summed E-state index contributed by atoms with van der Waals surface area (Å²) in [6.07, 6.45) is 3.22. The zero-order chi connectivity index (χ0) is 18.5. The van der Waals surface area contributed by atoms with Crippen LogP contribution in [0.25, 0.3) is 6.08 Å². The fraction of sp³-hybridized carbons (Fsp3) is 0.211. The van der Waals surface area contributed by atoms with Crippen LogP contribution in [0.15, 0.2) is 41.8 Å². The Morgan fingerprint density at radius 3 is 2.85 bits per heavy atom. The van der Waals surface area contributed by atoms with Crippen molar-refractivity contribution in [2.75, 3.05) is 5.32 Å². The number of nitrogens with one attached hydrogen (secondary N) is 1. The second-order valence-electron chi connectivity index (χ2n) is 5.80. The third kappa shape index (κ3) is 4.58. The minimum atomic E-state index is -0.224. The summed E-state index contributed by atoms with van der Waals surface area (Å²) in [6, 6.07) is 9.40. The number of carbonyl (C=O) groups is 1. The van der Waals surface area contributed by atoms with Gasteiger partial charge in [-0.15, -0.1) is 11.3 Å². The predicted molar refractivity (Wildman–Crippen MR) is 103 cm³/mol. The van der Waals surface area contributed by atoms with E-state index >= 15 is 0 Å². The average Bonchev–Trinajstić information content (AvgIpc) is 3.16. The third-order valence-electron chi connectivity index (χ3n) is 3.63. The molecule has 0 radical (unpaired) electrons. The van der Waals surface area contributed by atoms with E-state index in [9.17, 15) is 4.79 Å². The summed E-state index contributed by atoms with van der Waals surface area (Å²) in [5.41, 5.74) is 2.58. The van der Waals surface area contributed by atoms with E-state index in [2.05, 4.69) is 15.4 Å². The van der Waals surface area contributed by atoms with Crippen molar-refractivity contribution >= 4 is 29.1 Å². The number of para-hydroxylation sites is 1. The molecule has 0 unspecified atom stereocenters. The van der Waals surface area contributed by atoms with Crippen LogP contribution >= 0.6 is 11.3 Å². The van der Waals surface area contributed by atoms with Crippen molar-refractivity contribution in [3.63, 3.8) is 0 Å². The second kappa shape index (κ2) is 7.97. The van der Waals surface area contributed by atoms with E-state index in [0.717, 1.165) is 22.0 Å². The van der Waals surface area contributed by atoms with Gasteiger partial charge in [-0.1, -0.05) is 18.2 Å². The number of rotatable bonds is 6. The third-order valence-corrected chi connectivity index (χ3v) is 4.45. The number of aryl methyl sites for hydroxylation is 3. The Balaban J connectivity index is 1.66. The number of carbonyl (C=O) groups excluding carboxylic acids is 1. The predicted octanol–water partition coefficient (Wildman–Crippen LogP) is 3.72. The quantitative estimate of drug-likeness (QED) is 0.673. The number of nitrogens with zero attached hydrogens (tertiary/aromatic N) is 3. The number of hydrogen-bond donors (Lipinski definition) is 1. The van der Waals surface area contributed by atoms with Crippen LogP contribution in [0.5, 0.6) is 5.75 Å². The van der Waals surface area contributed by atoms with Gasteiger partial charge in [-0.05, 0) is 26.0 Å². The molecule has 0 bridgehead atoms. The van der Waals surface area contributed by atoms with Crippen molar-refractivity contribution < 1.29 is 9.53 Å². The monoisotopic (exact) mass is 368 g/mol. The van der Waals surface area contributed by atoms with Crippen molar-refractivity contribution in [3.05, 3.63) is 63.7 Å². The molecule has 6 nitrogen and oxygen atoms in total. The summed E-state index contributed by atoms with van der Waals surface area (Å²) < 4.78 is 7.49. The Hall–Kier alpha value is -2.93. The zero-order valence-corrected chi connectivity index (χ0v) is 15.7. The first-order chi connectivity index (χ1) is 12.5. The fourth-order valence-electron chi connectivity index (χ4n) is 2.44. The van der Waals surface area contributed by atoms with Crippen molar-refractivity contribution in [3.8, 4) is 5.75 Å². The smallest absolute Gasteiger partial charge is 0.249 e. The van der Waals surface area contributed by atoms with E-state index in [-0.39, 0.29) is 5.91 Å². The van der Waals surface area contributed by atoms with Gasteiger partial charge in [0.25, 0.3) is 0 Å². The summed E-state index contributed by atoms with van der Waals surface area (Å²) in [7, 11) is 1.79. The first-order valence-electron chi connectivity index (χ1n) is 8.14. The Kier molecular flexibility index (Phi) is 5.48. The molecule has 0 saturated carbocycles. The maximum atomic E-state index is 12.2. The van der Waals surface area contributed by atoms with Crippen molar-refractivity contribution in [2.45, 2.75) is 20.5 Å². The molecule has 0 saturated heterocycles. The van der Waals surface area contributed by atoms with Crippen molar-refractivity contribution in [1.82, 2.24) is 14.8 Å². The van der Waals surface area contributed by atoms with Gasteiger partial charge in [0.2, 0.25) is 5.91 Å². The van der Waals surface area contributed by atoms with E-state index < -0.39 is 0 Å². The van der Waals surface area contributed by atoms with Gasteiger partial charge in [-0.3, -0.25) is 9.48 Å². The molecule has 2 heterocycles. The van der Waals surface area contributed by atoms with E-state index in [4.69, 9.17) is 4.74 Å². The van der Waals surface area contributed by atoms with E-state index in [1.807, 2.05) is 49.6 Å². The average molecular weight is 368 g/mol. The Bertz CT molecular complexity index is 943. The molecule has 7 heteroatoms. The molecule has 0 atom stereocenters. The van der Waals surface area contributed by atoms with Crippen LogP contribution in [0.3, 0.4) is 0 Å². The first-order valence-corrected chi connectivity index (χ1v) is 9.02. The van der Waals surface area contributed by atoms with Gasteiger partial charge in [0.15, 0.2) is 0 Å². The lowest BCUT2D eigenvalue weighted by Crippen LogP contribution is -2.11. The van der Waals surface area contributed by atoms with Gasteiger partial charge in [0.05, 0.1) is 16.4 Å². The van der Waals surface area contributed by atoms with E-state index in [1.54, 1.807) is 29.1 Å². The lowest BCUT2D eigenvalue weighted by molar-refractivity contribution is -0.111. The molecule has 1 aromatic carbocycles. The fourth-order valence-corrected chi connectivity index (χ4v) is 3.03. The molecule has 2 aromatic heterocycles. The normalized spacial score (nSPS) is 11.0. The molecule has 3 rings (SSSR count). The van der Waals surface area contributed by atoms with Gasteiger partial charge >= 0.3 is 0 Å². The zero-order valence-electron chi connectivity index (χ0n) is 14.9.